The monoisotopic (exact) mass is 210 g/mol. The molecule has 0 aliphatic rings. The van der Waals surface area contributed by atoms with Gasteiger partial charge in [0.25, 0.3) is 0 Å². The van der Waals surface area contributed by atoms with Crippen LogP contribution >= 0.6 is 0 Å². The largest absolute Gasteiger partial charge is 0.479 e. The highest BCUT2D eigenvalue weighted by atomic mass is 16.4. The number of carbonyl (C=O) groups is 1. The summed E-state index contributed by atoms with van der Waals surface area (Å²) in [6.07, 6.45) is -9.27. The van der Waals surface area contributed by atoms with Crippen LogP contribution in [-0.4, -0.2) is 67.1 Å². The maximum atomic E-state index is 10.2. The Morgan fingerprint density at radius 1 is 0.929 bits per heavy atom. The minimum atomic E-state index is -2.21. The third-order valence-electron chi connectivity index (χ3n) is 1.77. The molecule has 0 amide bonds. The van der Waals surface area contributed by atoms with E-state index in [0.29, 0.717) is 0 Å². The Balaban J connectivity index is 4.37. The second kappa shape index (κ2) is 5.23. The number of aliphatic hydroxyl groups is 5. The number of hydrogen-bond donors (Lipinski definition) is 6. The lowest BCUT2D eigenvalue weighted by molar-refractivity contribution is -0.167. The molecular formula is C7H14O7. The Morgan fingerprint density at radius 2 is 1.36 bits per heavy atom. The molecule has 0 aromatic carbocycles. The van der Waals surface area contributed by atoms with Crippen LogP contribution in [0.15, 0.2) is 0 Å². The van der Waals surface area contributed by atoms with Crippen molar-refractivity contribution in [1.82, 2.24) is 0 Å². The lowest BCUT2D eigenvalue weighted by Crippen LogP contribution is -2.50. The van der Waals surface area contributed by atoms with Gasteiger partial charge in [0.2, 0.25) is 0 Å². The molecule has 0 heterocycles. The van der Waals surface area contributed by atoms with E-state index in [2.05, 4.69) is 0 Å². The Morgan fingerprint density at radius 3 is 1.64 bits per heavy atom. The van der Waals surface area contributed by atoms with Crippen LogP contribution in [0.5, 0.6) is 0 Å². The SMILES string of the molecule is C[C@H](O)[C@@H](O)[C@@H](O)[C@H](O)[C@H](O)C(=O)O. The van der Waals surface area contributed by atoms with Gasteiger partial charge in [0.1, 0.15) is 18.3 Å². The number of carboxylic acid groups (broad SMARTS) is 1. The normalized spacial score (nSPS) is 22.1. The summed E-state index contributed by atoms with van der Waals surface area (Å²) < 4.78 is 0. The molecule has 0 saturated carbocycles. The molecule has 0 radical (unpaired) electrons. The summed E-state index contributed by atoms with van der Waals surface area (Å²) in [7, 11) is 0. The molecule has 0 aromatic rings. The van der Waals surface area contributed by atoms with Gasteiger partial charge in [-0.2, -0.15) is 0 Å². The van der Waals surface area contributed by atoms with E-state index in [1.165, 1.54) is 0 Å². The highest BCUT2D eigenvalue weighted by molar-refractivity contribution is 5.72. The Bertz CT molecular complexity index is 192. The summed E-state index contributed by atoms with van der Waals surface area (Å²) in [6.45, 7) is 1.15. The standard InChI is InChI=1S/C7H14O7/c1-2(8)3(9)4(10)5(11)6(12)7(13)14/h2-6,8-12H,1H3,(H,13,14)/t2-,3+,4+,5-,6-/m0/s1. The summed E-state index contributed by atoms with van der Waals surface area (Å²) in [4.78, 5) is 10.2. The molecule has 84 valence electrons. The minimum absolute atomic E-state index is 1.15. The van der Waals surface area contributed by atoms with Crippen LogP contribution < -0.4 is 0 Å². The van der Waals surface area contributed by atoms with E-state index >= 15 is 0 Å². The summed E-state index contributed by atoms with van der Waals surface area (Å²) in [6, 6.07) is 0. The van der Waals surface area contributed by atoms with E-state index < -0.39 is 36.5 Å². The number of hydrogen-bond acceptors (Lipinski definition) is 6. The van der Waals surface area contributed by atoms with Crippen LogP contribution in [0.25, 0.3) is 0 Å². The van der Waals surface area contributed by atoms with Crippen molar-refractivity contribution in [2.24, 2.45) is 0 Å². The third kappa shape index (κ3) is 3.20. The Labute approximate surface area is 79.9 Å². The first-order valence-electron chi connectivity index (χ1n) is 3.92. The number of aliphatic hydroxyl groups excluding tert-OH is 5. The molecule has 14 heavy (non-hydrogen) atoms. The van der Waals surface area contributed by atoms with Gasteiger partial charge in [-0.15, -0.1) is 0 Å². The predicted octanol–water partition coefficient (Wildman–Crippen LogP) is -3.10. The molecule has 0 rings (SSSR count). The first kappa shape index (κ1) is 13.3. The summed E-state index contributed by atoms with van der Waals surface area (Å²) in [5.41, 5.74) is 0. The van der Waals surface area contributed by atoms with Gasteiger partial charge in [-0.05, 0) is 6.92 Å². The first-order chi connectivity index (χ1) is 6.29. The molecule has 0 saturated heterocycles. The molecule has 0 aliphatic carbocycles. The van der Waals surface area contributed by atoms with E-state index in [4.69, 9.17) is 30.6 Å². The van der Waals surface area contributed by atoms with E-state index in [9.17, 15) is 4.79 Å². The molecule has 0 fully saturated rings. The van der Waals surface area contributed by atoms with Crippen LogP contribution in [0.4, 0.5) is 0 Å². The van der Waals surface area contributed by atoms with Gasteiger partial charge in [-0.1, -0.05) is 0 Å². The summed E-state index contributed by atoms with van der Waals surface area (Å²) in [5, 5.41) is 53.0. The van der Waals surface area contributed by atoms with E-state index in [-0.39, 0.29) is 0 Å². The van der Waals surface area contributed by atoms with Crippen LogP contribution in [-0.2, 0) is 4.79 Å². The molecule has 7 nitrogen and oxygen atoms in total. The second-order valence-electron chi connectivity index (χ2n) is 3.00. The van der Waals surface area contributed by atoms with Crippen molar-refractivity contribution < 1.29 is 35.4 Å². The maximum absolute atomic E-state index is 10.2. The van der Waals surface area contributed by atoms with Crippen LogP contribution in [0, 0.1) is 0 Å². The number of carboxylic acids is 1. The average Bonchev–Trinajstić information content (AvgIpc) is 2.12. The Kier molecular flexibility index (Phi) is 4.95. The zero-order valence-corrected chi connectivity index (χ0v) is 7.48. The van der Waals surface area contributed by atoms with Gasteiger partial charge in [0.05, 0.1) is 6.10 Å². The third-order valence-corrected chi connectivity index (χ3v) is 1.77. The van der Waals surface area contributed by atoms with Gasteiger partial charge in [-0.25, -0.2) is 4.79 Å². The zero-order valence-electron chi connectivity index (χ0n) is 7.48. The van der Waals surface area contributed by atoms with E-state index in [1.54, 1.807) is 0 Å². The van der Waals surface area contributed by atoms with Crippen molar-refractivity contribution in [2.45, 2.75) is 37.4 Å². The summed E-state index contributed by atoms with van der Waals surface area (Å²) >= 11 is 0. The molecule has 5 atom stereocenters. The molecule has 0 bridgehead atoms. The van der Waals surface area contributed by atoms with Crippen LogP contribution in [0.1, 0.15) is 6.92 Å². The molecule has 0 aliphatic heterocycles. The second-order valence-corrected chi connectivity index (χ2v) is 3.00. The quantitative estimate of drug-likeness (QED) is 0.282. The average molecular weight is 210 g/mol. The van der Waals surface area contributed by atoms with Crippen molar-refractivity contribution in [3.05, 3.63) is 0 Å². The van der Waals surface area contributed by atoms with Gasteiger partial charge in [0, 0.05) is 0 Å². The summed E-state index contributed by atoms with van der Waals surface area (Å²) in [5.74, 6) is -1.73. The topological polar surface area (TPSA) is 138 Å². The fraction of sp³-hybridized carbons (Fsp3) is 0.857. The predicted molar refractivity (Wildman–Crippen MR) is 43.3 cm³/mol. The minimum Gasteiger partial charge on any atom is -0.479 e. The lowest BCUT2D eigenvalue weighted by Gasteiger charge is -2.25. The van der Waals surface area contributed by atoms with Crippen molar-refractivity contribution in [3.8, 4) is 0 Å². The van der Waals surface area contributed by atoms with Crippen molar-refractivity contribution in [1.29, 1.82) is 0 Å². The lowest BCUT2D eigenvalue weighted by atomic mass is 10.00. The molecule has 0 spiro atoms. The maximum Gasteiger partial charge on any atom is 0.335 e. The smallest absolute Gasteiger partial charge is 0.335 e. The molecule has 7 heteroatoms. The molecular weight excluding hydrogens is 196 g/mol. The van der Waals surface area contributed by atoms with Gasteiger partial charge in [-0.3, -0.25) is 0 Å². The van der Waals surface area contributed by atoms with Crippen LogP contribution in [0.2, 0.25) is 0 Å². The molecule has 6 N–H and O–H groups in total. The van der Waals surface area contributed by atoms with Gasteiger partial charge >= 0.3 is 5.97 Å². The van der Waals surface area contributed by atoms with E-state index in [0.717, 1.165) is 6.92 Å². The molecule has 0 aromatic heterocycles. The molecule has 0 unspecified atom stereocenters. The van der Waals surface area contributed by atoms with Crippen molar-refractivity contribution in [3.63, 3.8) is 0 Å². The highest BCUT2D eigenvalue weighted by Crippen LogP contribution is 2.08. The highest BCUT2D eigenvalue weighted by Gasteiger charge is 2.35. The Hall–Kier alpha value is -0.730. The van der Waals surface area contributed by atoms with E-state index in [1.807, 2.05) is 0 Å². The first-order valence-corrected chi connectivity index (χ1v) is 3.92. The van der Waals surface area contributed by atoms with Crippen molar-refractivity contribution in [2.75, 3.05) is 0 Å². The van der Waals surface area contributed by atoms with Crippen molar-refractivity contribution >= 4 is 5.97 Å². The fourth-order valence-corrected chi connectivity index (χ4v) is 0.820. The fourth-order valence-electron chi connectivity index (χ4n) is 0.820. The van der Waals surface area contributed by atoms with Gasteiger partial charge < -0.3 is 30.6 Å². The van der Waals surface area contributed by atoms with Gasteiger partial charge in [0.15, 0.2) is 6.10 Å². The number of rotatable bonds is 5. The van der Waals surface area contributed by atoms with Crippen LogP contribution in [0.3, 0.4) is 0 Å². The zero-order chi connectivity index (χ0) is 11.5. The number of aliphatic carboxylic acids is 1.